The van der Waals surface area contributed by atoms with Gasteiger partial charge in [0.1, 0.15) is 5.75 Å². The van der Waals surface area contributed by atoms with Crippen LogP contribution < -0.4 is 10.1 Å². The van der Waals surface area contributed by atoms with Gasteiger partial charge in [0.05, 0.1) is 0 Å². The Morgan fingerprint density at radius 1 is 1.14 bits per heavy atom. The van der Waals surface area contributed by atoms with Crippen LogP contribution in [-0.4, -0.2) is 33.5 Å². The van der Waals surface area contributed by atoms with Crippen molar-refractivity contribution in [3.8, 4) is 5.75 Å². The Hall–Kier alpha value is -1.33. The maximum atomic E-state index is 12.0. The standard InChI is InChI=1S/C23H41NO3Si/c1-8-9-10-11-20-12-14-21(15-13-20)26-18-22(25)24-17-16-19(2)27-28(6,7)23(3,4)5/h12-15,19H,8-11,16-18H2,1-7H3,(H,24,25). The number of carbonyl (C=O) groups is 1. The number of carbonyl (C=O) groups excluding carboxylic acids is 1. The van der Waals surface area contributed by atoms with Crippen LogP contribution >= 0.6 is 0 Å². The summed E-state index contributed by atoms with van der Waals surface area (Å²) in [5.41, 5.74) is 1.32. The lowest BCUT2D eigenvalue weighted by molar-refractivity contribution is -0.123. The predicted octanol–water partition coefficient (Wildman–Crippen LogP) is 5.71. The van der Waals surface area contributed by atoms with Crippen molar-refractivity contribution in [3.05, 3.63) is 29.8 Å². The molecule has 0 radical (unpaired) electrons. The molecule has 0 bridgehead atoms. The van der Waals surface area contributed by atoms with Gasteiger partial charge >= 0.3 is 0 Å². The highest BCUT2D eigenvalue weighted by Crippen LogP contribution is 2.37. The molecule has 0 fully saturated rings. The van der Waals surface area contributed by atoms with E-state index < -0.39 is 8.32 Å². The zero-order valence-corrected chi connectivity index (χ0v) is 20.1. The lowest BCUT2D eigenvalue weighted by Gasteiger charge is -2.38. The van der Waals surface area contributed by atoms with Crippen molar-refractivity contribution in [3.63, 3.8) is 0 Å². The van der Waals surface area contributed by atoms with Gasteiger partial charge in [-0.2, -0.15) is 0 Å². The van der Waals surface area contributed by atoms with E-state index in [2.05, 4.69) is 65.2 Å². The first kappa shape index (κ1) is 24.7. The Labute approximate surface area is 173 Å². The first-order valence-corrected chi connectivity index (χ1v) is 13.6. The molecule has 0 saturated heterocycles. The van der Waals surface area contributed by atoms with Crippen molar-refractivity contribution in [2.45, 2.75) is 91.0 Å². The van der Waals surface area contributed by atoms with E-state index in [-0.39, 0.29) is 23.7 Å². The van der Waals surface area contributed by atoms with Crippen molar-refractivity contribution < 1.29 is 14.0 Å². The number of rotatable bonds is 12. The van der Waals surface area contributed by atoms with Crippen LogP contribution in [-0.2, 0) is 15.6 Å². The van der Waals surface area contributed by atoms with E-state index in [1.54, 1.807) is 0 Å². The number of unbranched alkanes of at least 4 members (excludes halogenated alkanes) is 2. The third-order valence-corrected chi connectivity index (χ3v) is 10.1. The van der Waals surface area contributed by atoms with Crippen LogP contribution in [0.5, 0.6) is 5.75 Å². The maximum absolute atomic E-state index is 12.0. The summed E-state index contributed by atoms with van der Waals surface area (Å²) in [6.45, 7) is 16.2. The molecule has 1 N–H and O–H groups in total. The molecule has 1 atom stereocenters. The minimum absolute atomic E-state index is 0.0483. The number of hydrogen-bond donors (Lipinski definition) is 1. The summed E-state index contributed by atoms with van der Waals surface area (Å²) in [5, 5.41) is 3.12. The van der Waals surface area contributed by atoms with Crippen molar-refractivity contribution >= 4 is 14.2 Å². The molecule has 4 nitrogen and oxygen atoms in total. The largest absolute Gasteiger partial charge is 0.484 e. The number of benzene rings is 1. The second-order valence-electron chi connectivity index (χ2n) is 9.22. The minimum atomic E-state index is -1.76. The van der Waals surface area contributed by atoms with Gasteiger partial charge in [0.25, 0.3) is 5.91 Å². The van der Waals surface area contributed by atoms with Gasteiger partial charge in [-0.1, -0.05) is 52.7 Å². The highest BCUT2D eigenvalue weighted by atomic mass is 28.4. The van der Waals surface area contributed by atoms with Crippen LogP contribution in [0.25, 0.3) is 0 Å². The fourth-order valence-electron chi connectivity index (χ4n) is 2.68. The van der Waals surface area contributed by atoms with Crippen LogP contribution in [0.2, 0.25) is 18.1 Å². The summed E-state index contributed by atoms with van der Waals surface area (Å²) in [6, 6.07) is 8.07. The van der Waals surface area contributed by atoms with Crippen LogP contribution in [0.1, 0.15) is 65.9 Å². The zero-order chi connectivity index (χ0) is 21.2. The molecule has 1 rings (SSSR count). The van der Waals surface area contributed by atoms with Crippen molar-refractivity contribution in [2.75, 3.05) is 13.2 Å². The average Bonchev–Trinajstić information content (AvgIpc) is 2.60. The molecule has 1 aromatic rings. The fourth-order valence-corrected chi connectivity index (χ4v) is 4.16. The number of nitrogens with one attached hydrogen (secondary N) is 1. The maximum Gasteiger partial charge on any atom is 0.257 e. The molecule has 0 aromatic heterocycles. The molecule has 1 unspecified atom stereocenters. The molecule has 1 amide bonds. The van der Waals surface area contributed by atoms with E-state index in [9.17, 15) is 4.79 Å². The van der Waals surface area contributed by atoms with E-state index in [0.717, 1.165) is 18.6 Å². The number of ether oxygens (including phenoxy) is 1. The summed E-state index contributed by atoms with van der Waals surface area (Å²) in [5.74, 6) is 0.649. The highest BCUT2D eigenvalue weighted by Gasteiger charge is 2.38. The van der Waals surface area contributed by atoms with Gasteiger partial charge in [-0.05, 0) is 62.0 Å². The third kappa shape index (κ3) is 9.24. The summed E-state index contributed by atoms with van der Waals surface area (Å²) < 4.78 is 11.9. The van der Waals surface area contributed by atoms with Crippen LogP contribution in [0.4, 0.5) is 0 Å². The zero-order valence-electron chi connectivity index (χ0n) is 19.1. The Balaban J connectivity index is 2.26. The molecule has 0 spiro atoms. The van der Waals surface area contributed by atoms with Gasteiger partial charge in [-0.25, -0.2) is 0 Å². The van der Waals surface area contributed by atoms with Gasteiger partial charge < -0.3 is 14.5 Å². The van der Waals surface area contributed by atoms with Gasteiger partial charge in [-0.3, -0.25) is 4.79 Å². The molecular weight excluding hydrogens is 366 g/mol. The predicted molar refractivity (Wildman–Crippen MR) is 121 cm³/mol. The molecule has 28 heavy (non-hydrogen) atoms. The first-order valence-electron chi connectivity index (χ1n) is 10.7. The molecule has 0 heterocycles. The number of amides is 1. The Kier molecular flexibility index (Phi) is 10.2. The summed E-state index contributed by atoms with van der Waals surface area (Å²) in [7, 11) is -1.76. The topological polar surface area (TPSA) is 47.6 Å². The fraction of sp³-hybridized carbons (Fsp3) is 0.696. The van der Waals surface area contributed by atoms with Gasteiger partial charge in [0.2, 0.25) is 0 Å². The molecule has 160 valence electrons. The van der Waals surface area contributed by atoms with E-state index >= 15 is 0 Å². The van der Waals surface area contributed by atoms with Gasteiger partial charge in [0.15, 0.2) is 14.9 Å². The smallest absolute Gasteiger partial charge is 0.257 e. The monoisotopic (exact) mass is 407 g/mol. The number of aryl methyl sites for hydroxylation is 1. The van der Waals surface area contributed by atoms with E-state index in [4.69, 9.17) is 9.16 Å². The van der Waals surface area contributed by atoms with Crippen LogP contribution in [0, 0.1) is 0 Å². The number of hydrogen-bond acceptors (Lipinski definition) is 3. The van der Waals surface area contributed by atoms with Gasteiger partial charge in [-0.15, -0.1) is 0 Å². The molecule has 0 aliphatic heterocycles. The third-order valence-electron chi connectivity index (χ3n) is 5.54. The van der Waals surface area contributed by atoms with E-state index in [0.29, 0.717) is 6.54 Å². The van der Waals surface area contributed by atoms with Crippen LogP contribution in [0.15, 0.2) is 24.3 Å². The molecule has 1 aromatic carbocycles. The summed E-state index contributed by atoms with van der Waals surface area (Å²) in [6.07, 6.45) is 5.77. The molecule has 0 aliphatic carbocycles. The first-order chi connectivity index (χ1) is 13.0. The lowest BCUT2D eigenvalue weighted by Crippen LogP contribution is -2.44. The van der Waals surface area contributed by atoms with Gasteiger partial charge in [0, 0.05) is 12.6 Å². The normalized spacial score (nSPS) is 13.2. The SMILES string of the molecule is CCCCCc1ccc(OCC(=O)NCCC(C)O[Si](C)(C)C(C)(C)C)cc1. The Bertz CT molecular complexity index is 579. The van der Waals surface area contributed by atoms with E-state index in [1.165, 1.54) is 24.8 Å². The second kappa shape index (κ2) is 11.6. The minimum Gasteiger partial charge on any atom is -0.484 e. The second-order valence-corrected chi connectivity index (χ2v) is 14.0. The Morgan fingerprint density at radius 2 is 1.79 bits per heavy atom. The lowest BCUT2D eigenvalue weighted by atomic mass is 10.1. The Morgan fingerprint density at radius 3 is 2.36 bits per heavy atom. The molecule has 0 aliphatic rings. The molecule has 5 heteroatoms. The van der Waals surface area contributed by atoms with E-state index in [1.807, 2.05) is 12.1 Å². The quantitative estimate of drug-likeness (QED) is 0.356. The van der Waals surface area contributed by atoms with Crippen molar-refractivity contribution in [1.82, 2.24) is 5.32 Å². The highest BCUT2D eigenvalue weighted by molar-refractivity contribution is 6.74. The van der Waals surface area contributed by atoms with Crippen molar-refractivity contribution in [1.29, 1.82) is 0 Å². The summed E-state index contributed by atoms with van der Waals surface area (Å²) >= 11 is 0. The average molecular weight is 408 g/mol. The van der Waals surface area contributed by atoms with Crippen LogP contribution in [0.3, 0.4) is 0 Å². The molecular formula is C23H41NO3Si. The van der Waals surface area contributed by atoms with Crippen molar-refractivity contribution in [2.24, 2.45) is 0 Å². The molecule has 0 saturated carbocycles. The summed E-state index contributed by atoms with van der Waals surface area (Å²) in [4.78, 5) is 12.0.